The van der Waals surface area contributed by atoms with Gasteiger partial charge < -0.3 is 14.7 Å². The molecule has 2 amide bonds. The summed E-state index contributed by atoms with van der Waals surface area (Å²) in [7, 11) is 0. The number of aromatic nitrogens is 2. The molecule has 2 aliphatic rings. The summed E-state index contributed by atoms with van der Waals surface area (Å²) in [5.74, 6) is 0.735. The lowest BCUT2D eigenvalue weighted by Gasteiger charge is -2.36. The van der Waals surface area contributed by atoms with Crippen molar-refractivity contribution in [2.75, 3.05) is 13.1 Å². The minimum absolute atomic E-state index is 0.0297. The van der Waals surface area contributed by atoms with E-state index < -0.39 is 5.54 Å². The van der Waals surface area contributed by atoms with Gasteiger partial charge in [-0.25, -0.2) is 0 Å². The summed E-state index contributed by atoms with van der Waals surface area (Å²) in [6.45, 7) is 2.83. The van der Waals surface area contributed by atoms with Gasteiger partial charge in [0, 0.05) is 30.6 Å². The minimum atomic E-state index is -0.589. The van der Waals surface area contributed by atoms with Gasteiger partial charge in [-0.2, -0.15) is 4.98 Å². The van der Waals surface area contributed by atoms with Crippen LogP contribution in [0, 0.1) is 12.8 Å². The molecule has 31 heavy (non-hydrogen) atoms. The molecular weight excluding hydrogens is 416 g/mol. The van der Waals surface area contributed by atoms with Crippen molar-refractivity contribution in [3.8, 4) is 0 Å². The Kier molecular flexibility index (Phi) is 6.60. The van der Waals surface area contributed by atoms with Crippen molar-refractivity contribution >= 4 is 23.4 Å². The Hall–Kier alpha value is -2.41. The van der Waals surface area contributed by atoms with E-state index in [0.29, 0.717) is 35.4 Å². The fourth-order valence-electron chi connectivity index (χ4n) is 4.72. The van der Waals surface area contributed by atoms with Crippen LogP contribution < -0.4 is 5.32 Å². The zero-order valence-corrected chi connectivity index (χ0v) is 18.7. The van der Waals surface area contributed by atoms with E-state index in [1.165, 1.54) is 0 Å². The second-order valence-electron chi connectivity index (χ2n) is 8.72. The van der Waals surface area contributed by atoms with Crippen LogP contribution in [0.2, 0.25) is 5.02 Å². The number of nitrogens with one attached hydrogen (secondary N) is 1. The zero-order valence-electron chi connectivity index (χ0n) is 17.9. The SMILES string of the molecule is Cc1nc(C2(NC(=O)C3CCCN(C(=O)c4ccc(Cl)cc4)C3)CCCCCC2)no1. The highest BCUT2D eigenvalue weighted by atomic mass is 35.5. The van der Waals surface area contributed by atoms with Crippen LogP contribution in [0.4, 0.5) is 0 Å². The molecule has 1 aliphatic carbocycles. The Balaban J connectivity index is 1.48. The summed E-state index contributed by atoms with van der Waals surface area (Å²) in [5, 5.41) is 8.06. The van der Waals surface area contributed by atoms with Crippen molar-refractivity contribution in [3.05, 3.63) is 46.6 Å². The van der Waals surface area contributed by atoms with Crippen LogP contribution >= 0.6 is 11.6 Å². The van der Waals surface area contributed by atoms with Gasteiger partial charge in [0.05, 0.1) is 5.92 Å². The number of aryl methyl sites for hydroxylation is 1. The number of hydrogen-bond donors (Lipinski definition) is 1. The van der Waals surface area contributed by atoms with Gasteiger partial charge in [-0.1, -0.05) is 42.4 Å². The predicted octanol–water partition coefficient (Wildman–Crippen LogP) is 4.25. The summed E-state index contributed by atoms with van der Waals surface area (Å²) in [5.41, 5.74) is 0.00124. The van der Waals surface area contributed by atoms with Gasteiger partial charge in [0.2, 0.25) is 11.8 Å². The van der Waals surface area contributed by atoms with Crippen molar-refractivity contribution in [1.29, 1.82) is 0 Å². The van der Waals surface area contributed by atoms with E-state index >= 15 is 0 Å². The summed E-state index contributed by atoms with van der Waals surface area (Å²) >= 11 is 5.94. The standard InChI is InChI=1S/C23H29ClN4O3/c1-16-25-22(27-31-16)23(12-4-2-3-5-13-23)26-20(29)18-7-6-14-28(15-18)21(30)17-8-10-19(24)11-9-17/h8-11,18H,2-7,12-15H2,1H3,(H,26,29). The monoisotopic (exact) mass is 444 g/mol. The van der Waals surface area contributed by atoms with Crippen LogP contribution in [-0.2, 0) is 10.3 Å². The van der Waals surface area contributed by atoms with Crippen molar-refractivity contribution in [1.82, 2.24) is 20.4 Å². The molecule has 0 spiro atoms. The maximum absolute atomic E-state index is 13.4. The summed E-state index contributed by atoms with van der Waals surface area (Å²) < 4.78 is 5.24. The van der Waals surface area contributed by atoms with E-state index in [4.69, 9.17) is 16.1 Å². The first-order valence-electron chi connectivity index (χ1n) is 11.1. The van der Waals surface area contributed by atoms with Gasteiger partial charge in [0.15, 0.2) is 5.82 Å². The lowest BCUT2D eigenvalue weighted by Crippen LogP contribution is -2.52. The highest BCUT2D eigenvalue weighted by Gasteiger charge is 2.41. The molecule has 1 saturated heterocycles. The number of rotatable bonds is 4. The molecule has 8 heteroatoms. The Morgan fingerprint density at radius 1 is 1.13 bits per heavy atom. The number of likely N-dealkylation sites (tertiary alicyclic amines) is 1. The molecule has 2 fully saturated rings. The molecule has 1 aromatic carbocycles. The normalized spacial score (nSPS) is 21.4. The van der Waals surface area contributed by atoms with Gasteiger partial charge in [-0.15, -0.1) is 0 Å². The molecule has 1 unspecified atom stereocenters. The molecule has 1 atom stereocenters. The molecular formula is C23H29ClN4O3. The van der Waals surface area contributed by atoms with E-state index in [9.17, 15) is 9.59 Å². The molecule has 4 rings (SSSR count). The number of hydrogen-bond acceptors (Lipinski definition) is 5. The van der Waals surface area contributed by atoms with Crippen LogP contribution in [0.3, 0.4) is 0 Å². The fraction of sp³-hybridized carbons (Fsp3) is 0.565. The highest BCUT2D eigenvalue weighted by Crippen LogP contribution is 2.35. The Labute approximate surface area is 187 Å². The topological polar surface area (TPSA) is 88.3 Å². The van der Waals surface area contributed by atoms with E-state index in [2.05, 4.69) is 15.5 Å². The molecule has 2 aromatic rings. The Morgan fingerprint density at radius 2 is 1.84 bits per heavy atom. The quantitative estimate of drug-likeness (QED) is 0.712. The minimum Gasteiger partial charge on any atom is -0.343 e. The van der Waals surface area contributed by atoms with Crippen molar-refractivity contribution < 1.29 is 14.1 Å². The average Bonchev–Trinajstić information content (AvgIpc) is 3.09. The van der Waals surface area contributed by atoms with E-state index in [0.717, 1.165) is 51.4 Å². The molecule has 1 aliphatic heterocycles. The van der Waals surface area contributed by atoms with Gasteiger partial charge in [0.25, 0.3) is 5.91 Å². The Morgan fingerprint density at radius 3 is 2.48 bits per heavy atom. The maximum Gasteiger partial charge on any atom is 0.253 e. The second-order valence-corrected chi connectivity index (χ2v) is 9.16. The number of piperidine rings is 1. The lowest BCUT2D eigenvalue weighted by atomic mass is 9.87. The molecule has 1 saturated carbocycles. The van der Waals surface area contributed by atoms with Crippen LogP contribution in [0.5, 0.6) is 0 Å². The van der Waals surface area contributed by atoms with Crippen LogP contribution in [0.1, 0.15) is 73.4 Å². The molecule has 0 bridgehead atoms. The van der Waals surface area contributed by atoms with Crippen LogP contribution in [-0.4, -0.2) is 39.9 Å². The van der Waals surface area contributed by atoms with Crippen molar-refractivity contribution in [3.63, 3.8) is 0 Å². The maximum atomic E-state index is 13.4. The third-order valence-electron chi connectivity index (χ3n) is 6.45. The molecule has 166 valence electrons. The number of nitrogens with zero attached hydrogens (tertiary/aromatic N) is 3. The number of carbonyl (C=O) groups excluding carboxylic acids is 2. The lowest BCUT2D eigenvalue weighted by molar-refractivity contribution is -0.128. The van der Waals surface area contributed by atoms with Gasteiger partial charge in [-0.05, 0) is 49.9 Å². The number of halogens is 1. The largest absolute Gasteiger partial charge is 0.343 e. The first-order chi connectivity index (χ1) is 15.0. The molecule has 7 nitrogen and oxygen atoms in total. The van der Waals surface area contributed by atoms with E-state index in [1.807, 2.05) is 0 Å². The second kappa shape index (κ2) is 9.39. The van der Waals surface area contributed by atoms with Crippen LogP contribution in [0.25, 0.3) is 0 Å². The molecule has 0 radical (unpaired) electrons. The van der Waals surface area contributed by atoms with Crippen molar-refractivity contribution in [2.45, 2.75) is 63.8 Å². The van der Waals surface area contributed by atoms with E-state index in [1.54, 1.807) is 36.1 Å². The molecule has 1 aromatic heterocycles. The molecule has 2 heterocycles. The average molecular weight is 445 g/mol. The van der Waals surface area contributed by atoms with Gasteiger partial charge in [-0.3, -0.25) is 9.59 Å². The van der Waals surface area contributed by atoms with Gasteiger partial charge in [0.1, 0.15) is 5.54 Å². The highest BCUT2D eigenvalue weighted by molar-refractivity contribution is 6.30. The Bertz CT molecular complexity index is 919. The first kappa shape index (κ1) is 21.8. The third-order valence-corrected chi connectivity index (χ3v) is 6.70. The number of carbonyl (C=O) groups is 2. The van der Waals surface area contributed by atoms with Crippen molar-refractivity contribution in [2.24, 2.45) is 5.92 Å². The predicted molar refractivity (Wildman–Crippen MR) is 117 cm³/mol. The first-order valence-corrected chi connectivity index (χ1v) is 11.5. The number of amides is 2. The summed E-state index contributed by atoms with van der Waals surface area (Å²) in [4.78, 5) is 32.5. The zero-order chi connectivity index (χ0) is 21.8. The third kappa shape index (κ3) is 4.92. The van der Waals surface area contributed by atoms with Crippen LogP contribution in [0.15, 0.2) is 28.8 Å². The fourth-order valence-corrected chi connectivity index (χ4v) is 4.84. The summed E-state index contributed by atoms with van der Waals surface area (Å²) in [6, 6.07) is 6.89. The van der Waals surface area contributed by atoms with Gasteiger partial charge >= 0.3 is 0 Å². The smallest absolute Gasteiger partial charge is 0.253 e. The van der Waals surface area contributed by atoms with E-state index in [-0.39, 0.29) is 17.7 Å². The molecule has 1 N–H and O–H groups in total. The number of benzene rings is 1. The summed E-state index contributed by atoms with van der Waals surface area (Å²) in [6.07, 6.45) is 7.47.